The number of rotatable bonds is 6. The van der Waals surface area contributed by atoms with E-state index in [1.165, 1.54) is 41.3 Å². The maximum absolute atomic E-state index is 5.32. The molecule has 2 aliphatic heterocycles. The predicted octanol–water partition coefficient (Wildman–Crippen LogP) is 4.97. The molecule has 3 heterocycles. The Morgan fingerprint density at radius 2 is 1.82 bits per heavy atom. The van der Waals surface area contributed by atoms with Crippen LogP contribution in [-0.2, 0) is 6.42 Å². The number of aryl methyl sites for hydroxylation is 1. The monoisotopic (exact) mass is 456 g/mol. The molecule has 4 N–H and O–H groups in total. The highest BCUT2D eigenvalue weighted by Gasteiger charge is 2.39. The van der Waals surface area contributed by atoms with Gasteiger partial charge < -0.3 is 20.5 Å². The fourth-order valence-electron chi connectivity index (χ4n) is 5.13. The number of para-hydroxylation sites is 1. The fraction of sp³-hybridized carbons (Fsp3) is 0.393. The number of hydrogen-bond acceptors (Lipinski definition) is 5. The van der Waals surface area contributed by atoms with Crippen LogP contribution in [0.25, 0.3) is 10.9 Å². The maximum atomic E-state index is 5.32. The summed E-state index contributed by atoms with van der Waals surface area (Å²) in [4.78, 5) is 11.2. The van der Waals surface area contributed by atoms with Crippen LogP contribution in [0.3, 0.4) is 0 Å². The lowest BCUT2D eigenvalue weighted by molar-refractivity contribution is 0.200. The average molecular weight is 457 g/mol. The third-order valence-electron chi connectivity index (χ3n) is 7.20. The van der Waals surface area contributed by atoms with Gasteiger partial charge in [0.15, 0.2) is 5.79 Å². The fourth-order valence-corrected chi connectivity index (χ4v) is 5.13. The van der Waals surface area contributed by atoms with Gasteiger partial charge in [-0.05, 0) is 63.4 Å². The average Bonchev–Trinajstić information content (AvgIpc) is 3.28. The molecule has 2 aromatic carbocycles. The summed E-state index contributed by atoms with van der Waals surface area (Å²) in [6.07, 6.45) is 8.95. The van der Waals surface area contributed by atoms with Gasteiger partial charge in [-0.1, -0.05) is 42.8 Å². The van der Waals surface area contributed by atoms with Crippen LogP contribution in [0.15, 0.2) is 71.6 Å². The normalized spacial score (nSPS) is 21.6. The van der Waals surface area contributed by atoms with Crippen LogP contribution in [-0.4, -0.2) is 41.6 Å². The van der Waals surface area contributed by atoms with Gasteiger partial charge in [-0.25, -0.2) is 4.99 Å². The standard InChI is InChI=1S/C28H36N6/c1-20-11-13-23(14-12-20)31-26-18-27(34-15-7-4-8-16-34)33-28(29-3,32-26)21(2)17-22-19-30-25-10-6-5-9-24(22)25/h5-6,9-14,18-19,21,29-32H,4,7-8,15-17H2,1-3H3. The summed E-state index contributed by atoms with van der Waals surface area (Å²) in [7, 11) is 2.00. The minimum atomic E-state index is -0.618. The Labute approximate surface area is 202 Å². The highest BCUT2D eigenvalue weighted by atomic mass is 15.4. The van der Waals surface area contributed by atoms with E-state index in [0.29, 0.717) is 0 Å². The Kier molecular flexibility index (Phi) is 6.33. The van der Waals surface area contributed by atoms with Gasteiger partial charge in [-0.3, -0.25) is 5.32 Å². The molecule has 2 atom stereocenters. The zero-order chi connectivity index (χ0) is 23.5. The SMILES string of the molecule is CNC1(C(C)Cc2c[nH]c3ccccc23)N=C(N2CCCCC2)C=C(Nc2ccc(C)cc2)N1. The van der Waals surface area contributed by atoms with Crippen molar-refractivity contribution in [3.05, 3.63) is 77.8 Å². The molecule has 178 valence electrons. The van der Waals surface area contributed by atoms with E-state index in [1.54, 1.807) is 0 Å². The minimum Gasteiger partial charge on any atom is -0.361 e. The Morgan fingerprint density at radius 3 is 2.59 bits per heavy atom. The van der Waals surface area contributed by atoms with E-state index < -0.39 is 5.79 Å². The van der Waals surface area contributed by atoms with Gasteiger partial charge >= 0.3 is 0 Å². The second-order valence-electron chi connectivity index (χ2n) is 9.67. The Balaban J connectivity index is 1.46. The molecule has 0 spiro atoms. The van der Waals surface area contributed by atoms with Crippen LogP contribution >= 0.6 is 0 Å². The van der Waals surface area contributed by atoms with E-state index in [9.17, 15) is 0 Å². The van der Waals surface area contributed by atoms with Crippen molar-refractivity contribution in [2.24, 2.45) is 10.9 Å². The number of piperidine rings is 1. The van der Waals surface area contributed by atoms with E-state index >= 15 is 0 Å². The van der Waals surface area contributed by atoms with Crippen molar-refractivity contribution in [3.8, 4) is 0 Å². The minimum absolute atomic E-state index is 0.194. The number of benzene rings is 2. The molecule has 0 amide bonds. The van der Waals surface area contributed by atoms with Crippen molar-refractivity contribution in [1.29, 1.82) is 0 Å². The number of amidine groups is 1. The topological polar surface area (TPSA) is 67.5 Å². The summed E-state index contributed by atoms with van der Waals surface area (Å²) in [6.45, 7) is 6.51. The summed E-state index contributed by atoms with van der Waals surface area (Å²) < 4.78 is 0. The number of anilines is 1. The van der Waals surface area contributed by atoms with Crippen LogP contribution in [0.4, 0.5) is 5.69 Å². The number of aromatic amines is 1. The van der Waals surface area contributed by atoms with Crippen LogP contribution in [0.1, 0.15) is 37.3 Å². The van der Waals surface area contributed by atoms with Crippen LogP contribution in [0.5, 0.6) is 0 Å². The van der Waals surface area contributed by atoms with E-state index in [4.69, 9.17) is 4.99 Å². The Bertz CT molecular complexity index is 1190. The van der Waals surface area contributed by atoms with Crippen LogP contribution in [0, 0.1) is 12.8 Å². The number of fused-ring (bicyclic) bond motifs is 1. The van der Waals surface area contributed by atoms with Gasteiger partial charge in [0.25, 0.3) is 0 Å². The number of nitrogens with one attached hydrogen (secondary N) is 4. The highest BCUT2D eigenvalue weighted by Crippen LogP contribution is 2.29. The number of aromatic nitrogens is 1. The van der Waals surface area contributed by atoms with Gasteiger partial charge in [0.2, 0.25) is 0 Å². The molecule has 0 bridgehead atoms. The molecule has 3 aromatic rings. The number of nitrogens with zero attached hydrogens (tertiary/aromatic N) is 2. The molecule has 0 radical (unpaired) electrons. The number of aliphatic imine (C=N–C) groups is 1. The second kappa shape index (κ2) is 9.55. The molecule has 5 rings (SSSR count). The zero-order valence-corrected chi connectivity index (χ0v) is 20.5. The molecular weight excluding hydrogens is 420 g/mol. The molecular formula is C28H36N6. The van der Waals surface area contributed by atoms with Gasteiger partial charge in [0, 0.05) is 47.9 Å². The van der Waals surface area contributed by atoms with Crippen molar-refractivity contribution in [3.63, 3.8) is 0 Å². The molecule has 1 fully saturated rings. The summed E-state index contributed by atoms with van der Waals surface area (Å²) in [5.74, 6) is 1.60. The maximum Gasteiger partial charge on any atom is 0.190 e. The predicted molar refractivity (Wildman–Crippen MR) is 142 cm³/mol. The first-order chi connectivity index (χ1) is 16.6. The van der Waals surface area contributed by atoms with Gasteiger partial charge in [0.1, 0.15) is 11.7 Å². The first kappa shape index (κ1) is 22.5. The van der Waals surface area contributed by atoms with Crippen molar-refractivity contribution < 1.29 is 0 Å². The molecule has 0 saturated carbocycles. The van der Waals surface area contributed by atoms with Crippen molar-refractivity contribution >= 4 is 22.4 Å². The lowest BCUT2D eigenvalue weighted by Crippen LogP contribution is -2.62. The summed E-state index contributed by atoms with van der Waals surface area (Å²) >= 11 is 0. The molecule has 1 saturated heterocycles. The van der Waals surface area contributed by atoms with Crippen molar-refractivity contribution in [2.75, 3.05) is 25.5 Å². The molecule has 2 aliphatic rings. The number of hydrogen-bond donors (Lipinski definition) is 4. The molecule has 34 heavy (non-hydrogen) atoms. The van der Waals surface area contributed by atoms with E-state index in [0.717, 1.165) is 36.9 Å². The summed E-state index contributed by atoms with van der Waals surface area (Å²) in [6, 6.07) is 17.0. The lowest BCUT2D eigenvalue weighted by atomic mass is 9.93. The molecule has 6 heteroatoms. The molecule has 6 nitrogen and oxygen atoms in total. The highest BCUT2D eigenvalue weighted by molar-refractivity contribution is 5.95. The second-order valence-corrected chi connectivity index (χ2v) is 9.67. The first-order valence-corrected chi connectivity index (χ1v) is 12.5. The quantitative estimate of drug-likeness (QED) is 0.423. The van der Waals surface area contributed by atoms with Crippen LogP contribution in [0.2, 0.25) is 0 Å². The lowest BCUT2D eigenvalue weighted by Gasteiger charge is -2.42. The van der Waals surface area contributed by atoms with E-state index in [2.05, 4.69) is 100 Å². The molecule has 2 unspecified atom stereocenters. The van der Waals surface area contributed by atoms with E-state index in [-0.39, 0.29) is 5.92 Å². The third-order valence-corrected chi connectivity index (χ3v) is 7.20. The molecule has 0 aliphatic carbocycles. The largest absolute Gasteiger partial charge is 0.361 e. The number of H-pyrrole nitrogens is 1. The van der Waals surface area contributed by atoms with Crippen molar-refractivity contribution in [2.45, 2.75) is 45.3 Å². The summed E-state index contributed by atoms with van der Waals surface area (Å²) in [5, 5.41) is 12.2. The van der Waals surface area contributed by atoms with E-state index in [1.807, 2.05) is 7.05 Å². The van der Waals surface area contributed by atoms with Gasteiger partial charge in [0.05, 0.1) is 0 Å². The molecule has 1 aromatic heterocycles. The van der Waals surface area contributed by atoms with Gasteiger partial charge in [-0.15, -0.1) is 0 Å². The zero-order valence-electron chi connectivity index (χ0n) is 20.5. The first-order valence-electron chi connectivity index (χ1n) is 12.5. The van der Waals surface area contributed by atoms with Gasteiger partial charge in [-0.2, -0.15) is 0 Å². The number of likely N-dealkylation sites (tertiary alicyclic amines) is 1. The Hall–Kier alpha value is -3.25. The third kappa shape index (κ3) is 4.55. The Morgan fingerprint density at radius 1 is 1.06 bits per heavy atom. The van der Waals surface area contributed by atoms with Crippen molar-refractivity contribution in [1.82, 2.24) is 20.5 Å². The smallest absolute Gasteiger partial charge is 0.190 e. The summed E-state index contributed by atoms with van der Waals surface area (Å²) in [5.41, 5.74) is 4.82. The van der Waals surface area contributed by atoms with Crippen LogP contribution < -0.4 is 16.0 Å².